The highest BCUT2D eigenvalue weighted by atomic mass is 16.5. The lowest BCUT2D eigenvalue weighted by Gasteiger charge is -2.07. The van der Waals surface area contributed by atoms with Crippen molar-refractivity contribution in [2.75, 3.05) is 26.4 Å². The first-order valence-corrected chi connectivity index (χ1v) is 8.54. The van der Waals surface area contributed by atoms with Crippen molar-refractivity contribution in [3.63, 3.8) is 0 Å². The minimum Gasteiger partial charge on any atom is -0.381 e. The number of amides is 1. The molecule has 0 aromatic heterocycles. The van der Waals surface area contributed by atoms with Gasteiger partial charge in [-0.15, -0.1) is 0 Å². The summed E-state index contributed by atoms with van der Waals surface area (Å²) in [7, 11) is 0. The van der Waals surface area contributed by atoms with Gasteiger partial charge in [0.2, 0.25) is 5.91 Å². The van der Waals surface area contributed by atoms with Gasteiger partial charge in [-0.1, -0.05) is 34.1 Å². The second kappa shape index (κ2) is 24.4. The highest BCUT2D eigenvalue weighted by Gasteiger charge is 1.98. The van der Waals surface area contributed by atoms with E-state index in [0.29, 0.717) is 32.3 Å². The van der Waals surface area contributed by atoms with E-state index in [1.807, 2.05) is 34.6 Å². The van der Waals surface area contributed by atoms with Crippen molar-refractivity contribution >= 4 is 5.91 Å². The van der Waals surface area contributed by atoms with Crippen LogP contribution >= 0.6 is 0 Å². The molecule has 0 aliphatic carbocycles. The first-order valence-electron chi connectivity index (χ1n) is 8.54. The first kappa shape index (κ1) is 25.3. The molecule has 0 saturated heterocycles. The zero-order chi connectivity index (χ0) is 16.9. The van der Waals surface area contributed by atoms with Crippen LogP contribution in [-0.2, 0) is 14.3 Å². The van der Waals surface area contributed by atoms with E-state index in [1.165, 1.54) is 6.42 Å². The van der Waals surface area contributed by atoms with Crippen molar-refractivity contribution in [2.45, 2.75) is 80.3 Å². The number of unbranched alkanes of at least 4 members (excludes halogenated alkanes) is 1. The van der Waals surface area contributed by atoms with Crippen LogP contribution in [0.15, 0.2) is 0 Å². The predicted molar refractivity (Wildman–Crippen MR) is 93.9 cm³/mol. The molecule has 0 saturated carbocycles. The molecule has 1 amide bonds. The minimum atomic E-state index is 0. The second-order valence-electron chi connectivity index (χ2n) is 4.65. The quantitative estimate of drug-likeness (QED) is 0.608. The van der Waals surface area contributed by atoms with Crippen LogP contribution in [-0.4, -0.2) is 38.4 Å². The normalized spacial score (nSPS) is 9.33. The molecule has 0 radical (unpaired) electrons. The van der Waals surface area contributed by atoms with Gasteiger partial charge < -0.3 is 14.8 Å². The van der Waals surface area contributed by atoms with Crippen LogP contribution in [0.4, 0.5) is 0 Å². The van der Waals surface area contributed by atoms with Gasteiger partial charge in [0, 0.05) is 27.6 Å². The third kappa shape index (κ3) is 32.7. The van der Waals surface area contributed by atoms with E-state index in [-0.39, 0.29) is 7.33 Å². The lowest BCUT2D eigenvalue weighted by molar-refractivity contribution is -0.122. The summed E-state index contributed by atoms with van der Waals surface area (Å²) in [6.07, 6.45) is 4.01. The summed E-state index contributed by atoms with van der Waals surface area (Å²) in [6.45, 7) is 16.9. The van der Waals surface area contributed by atoms with Gasteiger partial charge >= 0.3 is 0 Å². The van der Waals surface area contributed by atoms with E-state index >= 15 is 0 Å². The molecule has 0 aliphatic heterocycles. The Morgan fingerprint density at radius 3 is 2.05 bits per heavy atom. The molecule has 0 aliphatic rings. The molecule has 4 nitrogen and oxygen atoms in total. The number of rotatable bonds is 10. The summed E-state index contributed by atoms with van der Waals surface area (Å²) in [5, 5.41) is 2.73. The molecule has 0 rings (SSSR count). The summed E-state index contributed by atoms with van der Waals surface area (Å²) < 4.78 is 10.7. The zero-order valence-corrected chi connectivity index (χ0v) is 15.5. The van der Waals surface area contributed by atoms with Gasteiger partial charge in [-0.05, 0) is 33.6 Å². The average Bonchev–Trinajstić information content (AvgIpc) is 2.45. The molecule has 0 bridgehead atoms. The summed E-state index contributed by atoms with van der Waals surface area (Å²) in [6, 6.07) is 0. The zero-order valence-electron chi connectivity index (χ0n) is 15.5. The van der Waals surface area contributed by atoms with Crippen LogP contribution in [0, 0.1) is 0 Å². The van der Waals surface area contributed by atoms with Crippen LogP contribution < -0.4 is 5.32 Å². The van der Waals surface area contributed by atoms with Gasteiger partial charge in [-0.2, -0.15) is 0 Å². The van der Waals surface area contributed by atoms with Crippen molar-refractivity contribution in [3.05, 3.63) is 0 Å². The Bertz CT molecular complexity index is 191. The van der Waals surface area contributed by atoms with Crippen LogP contribution in [0.1, 0.15) is 75.6 Å². The Labute approximate surface area is 134 Å². The monoisotopic (exact) mass is 307 g/mol. The van der Waals surface area contributed by atoms with Crippen molar-refractivity contribution < 1.29 is 15.7 Å². The van der Waals surface area contributed by atoms with Gasteiger partial charge in [-0.25, -0.2) is 0 Å². The second-order valence-corrected chi connectivity index (χ2v) is 4.65. The number of hydrogen-bond acceptors (Lipinski definition) is 3. The average molecular weight is 308 g/mol. The molecule has 0 atom stereocenters. The lowest BCUT2D eigenvalue weighted by Crippen LogP contribution is -2.23. The van der Waals surface area contributed by atoms with Crippen LogP contribution in [0.5, 0.6) is 0 Å². The fraction of sp³-hybridized carbons (Fsp3) is 0.941. The molecule has 0 unspecified atom stereocenters. The summed E-state index contributed by atoms with van der Waals surface area (Å²) in [4.78, 5) is 11.0. The molecule has 0 heterocycles. The molecule has 132 valence electrons. The Morgan fingerprint density at radius 1 is 1.05 bits per heavy atom. The van der Waals surface area contributed by atoms with E-state index in [9.17, 15) is 4.79 Å². The van der Waals surface area contributed by atoms with Crippen LogP contribution in [0.2, 0.25) is 0 Å². The van der Waals surface area contributed by atoms with Crippen LogP contribution in [0.3, 0.4) is 0 Å². The Balaban J connectivity index is -0.000000239. The minimum absolute atomic E-state index is 0. The molecule has 0 aromatic carbocycles. The van der Waals surface area contributed by atoms with E-state index in [1.54, 1.807) is 0 Å². The van der Waals surface area contributed by atoms with E-state index in [4.69, 9.17) is 9.47 Å². The SMILES string of the molecule is CC.CCC.CCNC(=O)CCOCCCCOC(C)C.[HH]. The fourth-order valence-electron chi connectivity index (χ4n) is 1.18. The smallest absolute Gasteiger partial charge is 0.222 e. The molecule has 4 heteroatoms. The van der Waals surface area contributed by atoms with Gasteiger partial charge in [0.05, 0.1) is 12.7 Å². The Hall–Kier alpha value is -0.610. The number of nitrogens with one attached hydrogen (secondary N) is 1. The predicted octanol–water partition coefficient (Wildman–Crippen LogP) is 4.42. The molecule has 0 fully saturated rings. The third-order valence-corrected chi connectivity index (χ3v) is 1.98. The number of hydrogen-bond donors (Lipinski definition) is 1. The van der Waals surface area contributed by atoms with Crippen molar-refractivity contribution in [1.82, 2.24) is 5.32 Å². The number of ether oxygens (including phenoxy) is 2. The van der Waals surface area contributed by atoms with Gasteiger partial charge in [0.25, 0.3) is 0 Å². The number of carbonyl (C=O) groups excluding carboxylic acids is 1. The van der Waals surface area contributed by atoms with Gasteiger partial charge in [0.15, 0.2) is 0 Å². The largest absolute Gasteiger partial charge is 0.381 e. The molecule has 0 spiro atoms. The van der Waals surface area contributed by atoms with Crippen molar-refractivity contribution in [2.24, 2.45) is 0 Å². The maximum atomic E-state index is 11.0. The molecular formula is C17H41NO3. The van der Waals surface area contributed by atoms with Gasteiger partial charge in [0.1, 0.15) is 0 Å². The van der Waals surface area contributed by atoms with E-state index in [2.05, 4.69) is 19.2 Å². The van der Waals surface area contributed by atoms with E-state index in [0.717, 1.165) is 19.4 Å². The fourth-order valence-corrected chi connectivity index (χ4v) is 1.18. The summed E-state index contributed by atoms with van der Waals surface area (Å²) in [5.74, 6) is 0.0608. The lowest BCUT2D eigenvalue weighted by atomic mass is 10.3. The summed E-state index contributed by atoms with van der Waals surface area (Å²) >= 11 is 0. The highest BCUT2D eigenvalue weighted by Crippen LogP contribution is 1.95. The maximum absolute atomic E-state index is 11.0. The topological polar surface area (TPSA) is 47.6 Å². The van der Waals surface area contributed by atoms with Crippen LogP contribution in [0.25, 0.3) is 0 Å². The first-order chi connectivity index (χ1) is 10.1. The molecular weight excluding hydrogens is 266 g/mol. The molecule has 21 heavy (non-hydrogen) atoms. The van der Waals surface area contributed by atoms with Gasteiger partial charge in [-0.3, -0.25) is 4.79 Å². The van der Waals surface area contributed by atoms with Crippen molar-refractivity contribution in [1.29, 1.82) is 0 Å². The standard InChI is InChI=1S/C12H25NO3.C3H8.C2H6.H2/c1-4-13-12(14)7-10-15-8-5-6-9-16-11(2)3;1-3-2;1-2;/h11H,4-10H2,1-3H3,(H,13,14);3H2,1-2H3;1-2H3;1H. The Morgan fingerprint density at radius 2 is 1.57 bits per heavy atom. The summed E-state index contributed by atoms with van der Waals surface area (Å²) in [5.41, 5.74) is 0. The van der Waals surface area contributed by atoms with E-state index < -0.39 is 0 Å². The molecule has 1 N–H and O–H groups in total. The third-order valence-electron chi connectivity index (χ3n) is 1.98. The Kier molecular flexibility index (Phi) is 29.5. The molecule has 0 aromatic rings. The maximum Gasteiger partial charge on any atom is 0.222 e. The number of carbonyl (C=O) groups is 1. The van der Waals surface area contributed by atoms with Crippen molar-refractivity contribution in [3.8, 4) is 0 Å². The highest BCUT2D eigenvalue weighted by molar-refractivity contribution is 5.75.